The van der Waals surface area contributed by atoms with Crippen LogP contribution >= 0.6 is 0 Å². The standard InChI is InChI=1S/C20H47N3OSi/c1-8-14-21(5)16-12-18-23(19-13-17-22(6)15-9-2)20-25(10-3,11-4)24-7/h8-20H2,1-7H3. The summed E-state index contributed by atoms with van der Waals surface area (Å²) >= 11 is 0. The smallest absolute Gasteiger partial charge is 0.205 e. The average molecular weight is 374 g/mol. The van der Waals surface area contributed by atoms with Crippen LogP contribution in [0.25, 0.3) is 0 Å². The van der Waals surface area contributed by atoms with Gasteiger partial charge in [-0.15, -0.1) is 0 Å². The Kier molecular flexibility index (Phi) is 15.2. The van der Waals surface area contributed by atoms with E-state index in [1.807, 2.05) is 7.11 Å². The fraction of sp³-hybridized carbons (Fsp3) is 1.00. The number of hydrogen-bond donors (Lipinski definition) is 0. The lowest BCUT2D eigenvalue weighted by Crippen LogP contribution is -2.49. The molecular weight excluding hydrogens is 326 g/mol. The van der Waals surface area contributed by atoms with E-state index in [1.54, 1.807) is 0 Å². The third-order valence-corrected chi connectivity index (χ3v) is 9.94. The zero-order valence-corrected chi connectivity index (χ0v) is 19.4. The van der Waals surface area contributed by atoms with Gasteiger partial charge < -0.3 is 19.1 Å². The first-order valence-corrected chi connectivity index (χ1v) is 13.1. The van der Waals surface area contributed by atoms with Crippen molar-refractivity contribution >= 4 is 8.32 Å². The van der Waals surface area contributed by atoms with Crippen molar-refractivity contribution in [3.63, 3.8) is 0 Å². The van der Waals surface area contributed by atoms with Gasteiger partial charge in [0.15, 0.2) is 0 Å². The summed E-state index contributed by atoms with van der Waals surface area (Å²) in [4.78, 5) is 7.64. The Labute approximate surface area is 160 Å². The monoisotopic (exact) mass is 373 g/mol. The highest BCUT2D eigenvalue weighted by molar-refractivity contribution is 6.73. The van der Waals surface area contributed by atoms with Crippen molar-refractivity contribution in [3.05, 3.63) is 0 Å². The Morgan fingerprint density at radius 2 is 1.12 bits per heavy atom. The molecule has 5 heteroatoms. The zero-order chi connectivity index (χ0) is 19.1. The predicted molar refractivity (Wildman–Crippen MR) is 115 cm³/mol. The van der Waals surface area contributed by atoms with Crippen LogP contribution in [0, 0.1) is 0 Å². The van der Waals surface area contributed by atoms with Crippen molar-refractivity contribution < 1.29 is 4.43 Å². The predicted octanol–water partition coefficient (Wildman–Crippen LogP) is 3.92. The molecule has 0 aliphatic carbocycles. The van der Waals surface area contributed by atoms with Gasteiger partial charge in [0, 0.05) is 13.3 Å². The normalized spacial score (nSPS) is 12.7. The molecule has 0 aromatic heterocycles. The van der Waals surface area contributed by atoms with Gasteiger partial charge >= 0.3 is 0 Å². The Balaban J connectivity index is 4.53. The summed E-state index contributed by atoms with van der Waals surface area (Å²) in [6.45, 7) is 16.4. The van der Waals surface area contributed by atoms with Gasteiger partial charge in [-0.1, -0.05) is 27.7 Å². The lowest BCUT2D eigenvalue weighted by atomic mass is 10.3. The van der Waals surface area contributed by atoms with E-state index in [0.717, 1.165) is 0 Å². The molecule has 152 valence electrons. The highest BCUT2D eigenvalue weighted by atomic mass is 28.4. The molecule has 25 heavy (non-hydrogen) atoms. The molecule has 4 nitrogen and oxygen atoms in total. The topological polar surface area (TPSA) is 19.0 Å². The van der Waals surface area contributed by atoms with Crippen LogP contribution in [-0.4, -0.2) is 89.7 Å². The van der Waals surface area contributed by atoms with Gasteiger partial charge in [-0.25, -0.2) is 0 Å². The van der Waals surface area contributed by atoms with Crippen LogP contribution in [0.15, 0.2) is 0 Å². The van der Waals surface area contributed by atoms with Crippen LogP contribution in [0.1, 0.15) is 53.4 Å². The van der Waals surface area contributed by atoms with E-state index in [1.165, 1.54) is 83.2 Å². The van der Waals surface area contributed by atoms with Crippen LogP contribution in [-0.2, 0) is 4.43 Å². The van der Waals surface area contributed by atoms with E-state index in [9.17, 15) is 0 Å². The van der Waals surface area contributed by atoms with Crippen molar-refractivity contribution in [1.29, 1.82) is 0 Å². The molecule has 0 aromatic carbocycles. The molecule has 0 aliphatic heterocycles. The van der Waals surface area contributed by atoms with Crippen LogP contribution in [0.2, 0.25) is 12.1 Å². The van der Waals surface area contributed by atoms with Gasteiger partial charge in [-0.2, -0.15) is 0 Å². The lowest BCUT2D eigenvalue weighted by molar-refractivity contribution is 0.236. The van der Waals surface area contributed by atoms with Gasteiger partial charge in [0.05, 0.1) is 0 Å². The second kappa shape index (κ2) is 15.1. The van der Waals surface area contributed by atoms with E-state index < -0.39 is 8.32 Å². The Bertz CT molecular complexity index is 274. The molecule has 0 saturated carbocycles. The van der Waals surface area contributed by atoms with Gasteiger partial charge in [0.1, 0.15) is 0 Å². The van der Waals surface area contributed by atoms with Crippen molar-refractivity contribution in [1.82, 2.24) is 14.7 Å². The molecule has 0 heterocycles. The molecular formula is C20H47N3OSi. The quantitative estimate of drug-likeness (QED) is 0.360. The number of rotatable bonds is 17. The van der Waals surface area contributed by atoms with Crippen molar-refractivity contribution in [2.24, 2.45) is 0 Å². The van der Waals surface area contributed by atoms with Crippen LogP contribution in [0.4, 0.5) is 0 Å². The van der Waals surface area contributed by atoms with E-state index in [4.69, 9.17) is 4.43 Å². The highest BCUT2D eigenvalue weighted by Gasteiger charge is 2.31. The number of hydrogen-bond acceptors (Lipinski definition) is 4. The molecule has 0 radical (unpaired) electrons. The summed E-state index contributed by atoms with van der Waals surface area (Å²) in [6.07, 6.45) is 6.22. The van der Waals surface area contributed by atoms with Crippen molar-refractivity contribution in [2.75, 3.05) is 66.6 Å². The molecule has 0 N–H and O–H groups in total. The summed E-state index contributed by atoms with van der Waals surface area (Å²) in [5, 5.41) is 0. The first kappa shape index (κ1) is 25.1. The fourth-order valence-electron chi connectivity index (χ4n) is 3.62. The second-order valence-electron chi connectivity index (χ2n) is 7.68. The Morgan fingerprint density at radius 1 is 0.680 bits per heavy atom. The molecule has 0 saturated heterocycles. The summed E-state index contributed by atoms with van der Waals surface area (Å²) in [6, 6.07) is 2.45. The summed E-state index contributed by atoms with van der Waals surface area (Å²) in [5.74, 6) is 0. The highest BCUT2D eigenvalue weighted by Crippen LogP contribution is 2.18. The Hall–Kier alpha value is 0.0569. The van der Waals surface area contributed by atoms with E-state index in [0.29, 0.717) is 0 Å². The molecule has 0 atom stereocenters. The largest absolute Gasteiger partial charge is 0.419 e. The summed E-state index contributed by atoms with van der Waals surface area (Å²) in [5.41, 5.74) is 0. The molecule has 0 aromatic rings. The maximum atomic E-state index is 6.08. The number of nitrogens with zero attached hydrogens (tertiary/aromatic N) is 3. The molecule has 0 rings (SSSR count). The van der Waals surface area contributed by atoms with Gasteiger partial charge in [0.25, 0.3) is 0 Å². The molecule has 0 spiro atoms. The second-order valence-corrected chi connectivity index (χ2v) is 12.2. The van der Waals surface area contributed by atoms with E-state index in [2.05, 4.69) is 56.5 Å². The maximum absolute atomic E-state index is 6.08. The minimum atomic E-state index is -1.57. The van der Waals surface area contributed by atoms with Crippen LogP contribution < -0.4 is 0 Å². The molecule has 0 aliphatic rings. The van der Waals surface area contributed by atoms with E-state index >= 15 is 0 Å². The van der Waals surface area contributed by atoms with Crippen molar-refractivity contribution in [2.45, 2.75) is 65.5 Å². The summed E-state index contributed by atoms with van der Waals surface area (Å²) < 4.78 is 6.08. The van der Waals surface area contributed by atoms with Gasteiger partial charge in [-0.3, -0.25) is 0 Å². The molecule has 0 fully saturated rings. The average Bonchev–Trinajstić information content (AvgIpc) is 2.60. The minimum absolute atomic E-state index is 1.20. The SMILES string of the molecule is CCCN(C)CCCN(CCCN(C)CCC)C[Si](CC)(CC)OC. The Morgan fingerprint density at radius 3 is 1.44 bits per heavy atom. The fourth-order valence-corrected chi connectivity index (χ4v) is 6.40. The lowest BCUT2D eigenvalue weighted by Gasteiger charge is -2.34. The third kappa shape index (κ3) is 11.4. The molecule has 0 unspecified atom stereocenters. The van der Waals surface area contributed by atoms with Gasteiger partial charge in [-0.05, 0) is 91.1 Å². The first-order valence-electron chi connectivity index (χ1n) is 10.6. The maximum Gasteiger partial charge on any atom is 0.205 e. The van der Waals surface area contributed by atoms with Crippen LogP contribution in [0.3, 0.4) is 0 Å². The third-order valence-electron chi connectivity index (χ3n) is 5.47. The first-order chi connectivity index (χ1) is 12.0. The molecule has 0 bridgehead atoms. The zero-order valence-electron chi connectivity index (χ0n) is 18.4. The minimum Gasteiger partial charge on any atom is -0.419 e. The van der Waals surface area contributed by atoms with Crippen LogP contribution in [0.5, 0.6) is 0 Å². The van der Waals surface area contributed by atoms with Crippen molar-refractivity contribution in [3.8, 4) is 0 Å². The van der Waals surface area contributed by atoms with Gasteiger partial charge in [0.2, 0.25) is 8.32 Å². The van der Waals surface area contributed by atoms with E-state index in [-0.39, 0.29) is 0 Å². The molecule has 0 amide bonds. The summed E-state index contributed by atoms with van der Waals surface area (Å²) in [7, 11) is 4.88.